The lowest BCUT2D eigenvalue weighted by molar-refractivity contribution is 0.184. The summed E-state index contributed by atoms with van der Waals surface area (Å²) < 4.78 is 2.04. The van der Waals surface area contributed by atoms with Crippen LogP contribution in [0.5, 0.6) is 0 Å². The molecule has 6 heteroatoms. The third kappa shape index (κ3) is 4.45. The van der Waals surface area contributed by atoms with E-state index in [-0.39, 0.29) is 12.1 Å². The van der Waals surface area contributed by atoms with Crippen LogP contribution in [0.15, 0.2) is 48.8 Å². The minimum atomic E-state index is -0.193. The Kier molecular flexibility index (Phi) is 5.74. The van der Waals surface area contributed by atoms with Crippen LogP contribution in [0.1, 0.15) is 38.2 Å². The zero-order valence-corrected chi connectivity index (χ0v) is 16.4. The number of rotatable bonds is 6. The highest BCUT2D eigenvalue weighted by molar-refractivity contribution is 5.77. The first-order chi connectivity index (χ1) is 13.0. The van der Waals surface area contributed by atoms with E-state index in [9.17, 15) is 4.79 Å². The second-order valence-corrected chi connectivity index (χ2v) is 7.32. The van der Waals surface area contributed by atoms with E-state index in [4.69, 9.17) is 4.98 Å². The fraction of sp³-hybridized carbons (Fsp3) is 0.381. The molecule has 0 spiro atoms. The Labute approximate surface area is 160 Å². The van der Waals surface area contributed by atoms with Crippen LogP contribution in [-0.4, -0.2) is 32.0 Å². The first kappa shape index (κ1) is 18.9. The Hall–Kier alpha value is -2.89. The zero-order valence-electron chi connectivity index (χ0n) is 16.4. The number of nitrogens with zero attached hydrogens (tertiary/aromatic N) is 4. The second-order valence-electron chi connectivity index (χ2n) is 7.32. The number of fused-ring (bicyclic) bond motifs is 1. The summed E-state index contributed by atoms with van der Waals surface area (Å²) in [5.74, 6) is 1.22. The van der Waals surface area contributed by atoms with E-state index in [2.05, 4.69) is 24.1 Å². The van der Waals surface area contributed by atoms with Gasteiger partial charge in [0.15, 0.2) is 0 Å². The highest BCUT2D eigenvalue weighted by atomic mass is 16.2. The number of aryl methyl sites for hydroxylation is 1. The van der Waals surface area contributed by atoms with Crippen molar-refractivity contribution >= 4 is 17.1 Å². The van der Waals surface area contributed by atoms with Gasteiger partial charge in [0, 0.05) is 32.5 Å². The number of urea groups is 1. The molecule has 0 saturated heterocycles. The second kappa shape index (κ2) is 8.20. The van der Waals surface area contributed by atoms with Crippen molar-refractivity contribution < 1.29 is 4.79 Å². The minimum absolute atomic E-state index is 0.0833. The van der Waals surface area contributed by atoms with Crippen molar-refractivity contribution in [2.45, 2.75) is 33.4 Å². The summed E-state index contributed by atoms with van der Waals surface area (Å²) >= 11 is 0. The molecule has 3 aromatic rings. The summed E-state index contributed by atoms with van der Waals surface area (Å²) in [7, 11) is 1.98. The van der Waals surface area contributed by atoms with Crippen LogP contribution in [0.4, 0.5) is 4.79 Å². The summed E-state index contributed by atoms with van der Waals surface area (Å²) in [6.45, 7) is 7.44. The van der Waals surface area contributed by atoms with E-state index in [1.807, 2.05) is 59.8 Å². The largest absolute Gasteiger partial charge is 0.329 e. The Morgan fingerprint density at radius 2 is 1.85 bits per heavy atom. The molecule has 0 aliphatic heterocycles. The Morgan fingerprint density at radius 3 is 2.52 bits per heavy atom. The maximum absolute atomic E-state index is 13.0. The standard InChI is InChI=1S/C21H27N5O/c1-15(2)13-26(14-17-9-11-22-12-10-17)21(27)23-16(3)20-24-18-7-5-6-8-19(18)25(20)4/h5-12,15-16H,13-14H2,1-4H3,(H,23,27). The van der Waals surface area contributed by atoms with Crippen LogP contribution in [0.2, 0.25) is 0 Å². The third-order valence-electron chi connectivity index (χ3n) is 4.54. The average molecular weight is 365 g/mol. The first-order valence-corrected chi connectivity index (χ1v) is 9.31. The van der Waals surface area contributed by atoms with Crippen molar-refractivity contribution in [2.24, 2.45) is 13.0 Å². The molecule has 1 aromatic carbocycles. The van der Waals surface area contributed by atoms with Gasteiger partial charge in [-0.3, -0.25) is 4.98 Å². The van der Waals surface area contributed by atoms with E-state index in [1.165, 1.54) is 0 Å². The van der Waals surface area contributed by atoms with Crippen LogP contribution in [0.25, 0.3) is 11.0 Å². The predicted octanol–water partition coefficient (Wildman–Crippen LogP) is 3.90. The van der Waals surface area contributed by atoms with Crippen LogP contribution < -0.4 is 5.32 Å². The summed E-state index contributed by atoms with van der Waals surface area (Å²) in [5, 5.41) is 3.11. The summed E-state index contributed by atoms with van der Waals surface area (Å²) in [4.78, 5) is 23.5. The lowest BCUT2D eigenvalue weighted by Crippen LogP contribution is -2.42. The third-order valence-corrected chi connectivity index (χ3v) is 4.54. The quantitative estimate of drug-likeness (QED) is 0.721. The van der Waals surface area contributed by atoms with Crippen LogP contribution >= 0.6 is 0 Å². The van der Waals surface area contributed by atoms with Crippen molar-refractivity contribution in [2.75, 3.05) is 6.54 Å². The molecule has 2 heterocycles. The number of benzene rings is 1. The van der Waals surface area contributed by atoms with E-state index < -0.39 is 0 Å². The van der Waals surface area contributed by atoms with Gasteiger partial charge in [-0.15, -0.1) is 0 Å². The van der Waals surface area contributed by atoms with Crippen LogP contribution in [0.3, 0.4) is 0 Å². The smallest absolute Gasteiger partial charge is 0.318 e. The molecule has 2 aromatic heterocycles. The van der Waals surface area contributed by atoms with E-state index in [0.717, 1.165) is 22.4 Å². The van der Waals surface area contributed by atoms with Gasteiger partial charge >= 0.3 is 6.03 Å². The molecule has 2 amide bonds. The Morgan fingerprint density at radius 1 is 1.15 bits per heavy atom. The number of para-hydroxylation sites is 2. The maximum atomic E-state index is 13.0. The molecular weight excluding hydrogens is 338 g/mol. The van der Waals surface area contributed by atoms with Gasteiger partial charge < -0.3 is 14.8 Å². The van der Waals surface area contributed by atoms with Gasteiger partial charge in [0.25, 0.3) is 0 Å². The highest BCUT2D eigenvalue weighted by Crippen LogP contribution is 2.19. The average Bonchev–Trinajstić information content (AvgIpc) is 2.99. The lowest BCUT2D eigenvalue weighted by Gasteiger charge is -2.26. The van der Waals surface area contributed by atoms with Crippen molar-refractivity contribution in [3.63, 3.8) is 0 Å². The van der Waals surface area contributed by atoms with Crippen LogP contribution in [0, 0.1) is 5.92 Å². The molecule has 3 rings (SSSR count). The molecule has 0 radical (unpaired) electrons. The molecule has 1 N–H and O–H groups in total. The fourth-order valence-electron chi connectivity index (χ4n) is 3.26. The number of aromatic nitrogens is 3. The molecular formula is C21H27N5O. The number of pyridine rings is 1. The number of amides is 2. The van der Waals surface area contributed by atoms with E-state index in [1.54, 1.807) is 12.4 Å². The predicted molar refractivity (Wildman–Crippen MR) is 107 cm³/mol. The molecule has 0 fully saturated rings. The molecule has 1 atom stereocenters. The summed E-state index contributed by atoms with van der Waals surface area (Å²) in [6.07, 6.45) is 3.51. The first-order valence-electron chi connectivity index (χ1n) is 9.31. The number of carbonyl (C=O) groups excluding carboxylic acids is 1. The molecule has 142 valence electrons. The molecule has 0 bridgehead atoms. The maximum Gasteiger partial charge on any atom is 0.318 e. The van der Waals surface area contributed by atoms with E-state index >= 15 is 0 Å². The molecule has 0 saturated carbocycles. The normalized spacial score (nSPS) is 12.3. The number of carbonyl (C=O) groups is 1. The number of nitrogens with one attached hydrogen (secondary N) is 1. The number of hydrogen-bond donors (Lipinski definition) is 1. The lowest BCUT2D eigenvalue weighted by atomic mass is 10.2. The van der Waals surface area contributed by atoms with Gasteiger partial charge in [0.2, 0.25) is 0 Å². The minimum Gasteiger partial charge on any atom is -0.329 e. The van der Waals surface area contributed by atoms with Gasteiger partial charge in [-0.2, -0.15) is 0 Å². The molecule has 0 aliphatic rings. The van der Waals surface area contributed by atoms with Crippen molar-refractivity contribution in [3.8, 4) is 0 Å². The monoisotopic (exact) mass is 365 g/mol. The molecule has 27 heavy (non-hydrogen) atoms. The van der Waals surface area contributed by atoms with Gasteiger partial charge in [-0.25, -0.2) is 9.78 Å². The van der Waals surface area contributed by atoms with Crippen molar-refractivity contribution in [3.05, 3.63) is 60.2 Å². The Bertz CT molecular complexity index is 903. The van der Waals surface area contributed by atoms with Gasteiger partial charge in [-0.1, -0.05) is 26.0 Å². The summed E-state index contributed by atoms with van der Waals surface area (Å²) in [6, 6.07) is 11.6. The van der Waals surface area contributed by atoms with E-state index in [0.29, 0.717) is 19.0 Å². The van der Waals surface area contributed by atoms with Gasteiger partial charge in [0.05, 0.1) is 17.1 Å². The topological polar surface area (TPSA) is 63.1 Å². The molecule has 0 aliphatic carbocycles. The van der Waals surface area contributed by atoms with Crippen molar-refractivity contribution in [1.82, 2.24) is 24.8 Å². The van der Waals surface area contributed by atoms with Crippen LogP contribution in [-0.2, 0) is 13.6 Å². The fourth-order valence-corrected chi connectivity index (χ4v) is 3.26. The summed E-state index contributed by atoms with van der Waals surface area (Å²) in [5.41, 5.74) is 3.06. The van der Waals surface area contributed by atoms with Gasteiger partial charge in [-0.05, 0) is 42.7 Å². The number of imidazole rings is 1. The highest BCUT2D eigenvalue weighted by Gasteiger charge is 2.21. The van der Waals surface area contributed by atoms with Gasteiger partial charge in [0.1, 0.15) is 5.82 Å². The molecule has 6 nitrogen and oxygen atoms in total. The zero-order chi connectivity index (χ0) is 19.4. The Balaban J connectivity index is 1.76. The SMILES string of the molecule is CC(C)CN(Cc1ccncc1)C(=O)NC(C)c1nc2ccccc2n1C. The van der Waals surface area contributed by atoms with Crippen molar-refractivity contribution in [1.29, 1.82) is 0 Å². The molecule has 1 unspecified atom stereocenters. The number of hydrogen-bond acceptors (Lipinski definition) is 3.